The normalized spacial score (nSPS) is 12.2. The van der Waals surface area contributed by atoms with Gasteiger partial charge in [0.05, 0.1) is 0 Å². The molecule has 0 radical (unpaired) electrons. The summed E-state index contributed by atoms with van der Waals surface area (Å²) in [6.07, 6.45) is 3.70. The summed E-state index contributed by atoms with van der Waals surface area (Å²) < 4.78 is 0. The van der Waals surface area contributed by atoms with Crippen molar-refractivity contribution < 1.29 is 0 Å². The summed E-state index contributed by atoms with van der Waals surface area (Å²) in [5.41, 5.74) is 10.2. The van der Waals surface area contributed by atoms with E-state index in [1.54, 1.807) is 0 Å². The van der Waals surface area contributed by atoms with Gasteiger partial charge in [-0.05, 0) is 31.9 Å². The van der Waals surface area contributed by atoms with E-state index in [0.29, 0.717) is 12.5 Å². The first kappa shape index (κ1) is 13.5. The van der Waals surface area contributed by atoms with Gasteiger partial charge in [0.25, 0.3) is 0 Å². The highest BCUT2D eigenvalue weighted by Crippen LogP contribution is 2.23. The van der Waals surface area contributed by atoms with Gasteiger partial charge in [-0.15, -0.1) is 0 Å². The van der Waals surface area contributed by atoms with E-state index >= 15 is 0 Å². The Morgan fingerprint density at radius 2 is 1.89 bits per heavy atom. The second-order valence-corrected chi connectivity index (χ2v) is 4.89. The molecule has 100 valence electrons. The predicted molar refractivity (Wildman–Crippen MR) is 79.1 cm³/mol. The van der Waals surface area contributed by atoms with Crippen molar-refractivity contribution in [3.63, 3.8) is 0 Å². The van der Waals surface area contributed by atoms with E-state index in [1.165, 1.54) is 16.7 Å². The first-order chi connectivity index (χ1) is 9.10. The maximum Gasteiger partial charge on any atom is 0.222 e. The van der Waals surface area contributed by atoms with E-state index in [1.807, 2.05) is 19.3 Å². The van der Waals surface area contributed by atoms with E-state index in [-0.39, 0.29) is 6.04 Å². The van der Waals surface area contributed by atoms with Gasteiger partial charge in [-0.3, -0.25) is 0 Å². The minimum atomic E-state index is 0.173. The van der Waals surface area contributed by atoms with Crippen LogP contribution in [-0.2, 0) is 0 Å². The molecule has 0 amide bonds. The van der Waals surface area contributed by atoms with Crippen molar-refractivity contribution in [2.24, 2.45) is 5.73 Å². The molecule has 0 aliphatic rings. The van der Waals surface area contributed by atoms with Crippen LogP contribution in [0.25, 0.3) is 11.1 Å². The molecule has 1 aromatic carbocycles. The molecule has 4 heteroatoms. The molecule has 1 unspecified atom stereocenters. The van der Waals surface area contributed by atoms with Crippen LogP contribution in [0, 0.1) is 13.8 Å². The summed E-state index contributed by atoms with van der Waals surface area (Å²) in [4.78, 5) is 8.67. The van der Waals surface area contributed by atoms with Crippen molar-refractivity contribution in [2.75, 3.05) is 11.9 Å². The molecule has 0 bridgehead atoms. The van der Waals surface area contributed by atoms with Gasteiger partial charge in [0.1, 0.15) is 0 Å². The number of aryl methyl sites for hydroxylation is 2. The van der Waals surface area contributed by atoms with Crippen LogP contribution in [-0.4, -0.2) is 22.6 Å². The molecule has 0 aliphatic carbocycles. The lowest BCUT2D eigenvalue weighted by Crippen LogP contribution is -2.26. The van der Waals surface area contributed by atoms with Gasteiger partial charge < -0.3 is 11.1 Å². The molecule has 0 saturated heterocycles. The number of rotatable bonds is 4. The monoisotopic (exact) mass is 256 g/mol. The Morgan fingerprint density at radius 1 is 1.21 bits per heavy atom. The molecule has 0 fully saturated rings. The summed E-state index contributed by atoms with van der Waals surface area (Å²) in [6, 6.07) is 6.56. The van der Waals surface area contributed by atoms with Crippen LogP contribution in [0.15, 0.2) is 30.6 Å². The number of nitrogens with two attached hydrogens (primary N) is 1. The number of nitrogens with zero attached hydrogens (tertiary/aromatic N) is 2. The minimum Gasteiger partial charge on any atom is -0.351 e. The zero-order chi connectivity index (χ0) is 13.8. The van der Waals surface area contributed by atoms with Gasteiger partial charge in [-0.25, -0.2) is 9.97 Å². The summed E-state index contributed by atoms with van der Waals surface area (Å²) in [5, 5.41) is 3.15. The number of hydrogen-bond donors (Lipinski definition) is 2. The number of anilines is 1. The lowest BCUT2D eigenvalue weighted by molar-refractivity contribution is 0.790. The lowest BCUT2D eigenvalue weighted by Gasteiger charge is -2.11. The third-order valence-electron chi connectivity index (χ3n) is 3.08. The van der Waals surface area contributed by atoms with Gasteiger partial charge in [0, 0.05) is 30.5 Å². The largest absolute Gasteiger partial charge is 0.351 e. The summed E-state index contributed by atoms with van der Waals surface area (Å²) >= 11 is 0. The van der Waals surface area contributed by atoms with Gasteiger partial charge in [-0.2, -0.15) is 0 Å². The molecule has 1 aromatic heterocycles. The number of nitrogens with one attached hydrogen (secondary N) is 1. The highest BCUT2D eigenvalue weighted by atomic mass is 15.1. The standard InChI is InChI=1S/C15H20N4/c1-10-4-5-11(2)14(6-10)13-8-17-15(18-9-13)19-12(3)7-16/h4-6,8-9,12H,7,16H2,1-3H3,(H,17,18,19). The molecule has 0 spiro atoms. The molecule has 19 heavy (non-hydrogen) atoms. The maximum atomic E-state index is 5.56. The third kappa shape index (κ3) is 3.29. The second-order valence-electron chi connectivity index (χ2n) is 4.89. The quantitative estimate of drug-likeness (QED) is 0.882. The fraction of sp³-hybridized carbons (Fsp3) is 0.333. The van der Waals surface area contributed by atoms with Crippen molar-refractivity contribution in [2.45, 2.75) is 26.8 Å². The van der Waals surface area contributed by atoms with Crippen LogP contribution in [0.1, 0.15) is 18.1 Å². The third-order valence-corrected chi connectivity index (χ3v) is 3.08. The van der Waals surface area contributed by atoms with Crippen molar-refractivity contribution >= 4 is 5.95 Å². The van der Waals surface area contributed by atoms with E-state index in [0.717, 1.165) is 5.56 Å². The van der Waals surface area contributed by atoms with E-state index in [9.17, 15) is 0 Å². The number of hydrogen-bond acceptors (Lipinski definition) is 4. The highest BCUT2D eigenvalue weighted by Gasteiger charge is 2.05. The van der Waals surface area contributed by atoms with E-state index in [2.05, 4.69) is 47.3 Å². The van der Waals surface area contributed by atoms with Crippen molar-refractivity contribution in [3.8, 4) is 11.1 Å². The van der Waals surface area contributed by atoms with Crippen molar-refractivity contribution in [1.82, 2.24) is 9.97 Å². The van der Waals surface area contributed by atoms with Crippen molar-refractivity contribution in [1.29, 1.82) is 0 Å². The van der Waals surface area contributed by atoms with Crippen LogP contribution in [0.2, 0.25) is 0 Å². The average molecular weight is 256 g/mol. The Balaban J connectivity index is 2.25. The van der Waals surface area contributed by atoms with Crippen LogP contribution in [0.5, 0.6) is 0 Å². The Bertz CT molecular complexity index is 549. The predicted octanol–water partition coefficient (Wildman–Crippen LogP) is 2.52. The average Bonchev–Trinajstić information content (AvgIpc) is 2.42. The van der Waals surface area contributed by atoms with Gasteiger partial charge in [0.15, 0.2) is 0 Å². The molecule has 0 aliphatic heterocycles. The van der Waals surface area contributed by atoms with Crippen LogP contribution < -0.4 is 11.1 Å². The summed E-state index contributed by atoms with van der Waals surface area (Å²) in [7, 11) is 0. The molecule has 2 aromatic rings. The minimum absolute atomic E-state index is 0.173. The molecular formula is C15H20N4. The van der Waals surface area contributed by atoms with Gasteiger partial charge in [-0.1, -0.05) is 23.8 Å². The summed E-state index contributed by atoms with van der Waals surface area (Å²) in [5.74, 6) is 0.618. The maximum absolute atomic E-state index is 5.56. The Kier molecular flexibility index (Phi) is 4.12. The second kappa shape index (κ2) is 5.80. The SMILES string of the molecule is Cc1ccc(C)c(-c2cnc(NC(C)CN)nc2)c1. The Hall–Kier alpha value is -1.94. The summed E-state index contributed by atoms with van der Waals surface area (Å²) in [6.45, 7) is 6.74. The van der Waals surface area contributed by atoms with Gasteiger partial charge >= 0.3 is 0 Å². The topological polar surface area (TPSA) is 63.8 Å². The molecule has 0 saturated carbocycles. The number of aromatic nitrogens is 2. The lowest BCUT2D eigenvalue weighted by atomic mass is 10.0. The zero-order valence-corrected chi connectivity index (χ0v) is 11.6. The molecule has 1 atom stereocenters. The Labute approximate surface area is 114 Å². The van der Waals surface area contributed by atoms with Crippen LogP contribution in [0.4, 0.5) is 5.95 Å². The van der Waals surface area contributed by atoms with E-state index in [4.69, 9.17) is 5.73 Å². The molecule has 4 nitrogen and oxygen atoms in total. The molecule has 1 heterocycles. The fourth-order valence-corrected chi connectivity index (χ4v) is 1.87. The van der Waals surface area contributed by atoms with Crippen molar-refractivity contribution in [3.05, 3.63) is 41.7 Å². The molecule has 3 N–H and O–H groups in total. The first-order valence-corrected chi connectivity index (χ1v) is 6.46. The highest BCUT2D eigenvalue weighted by molar-refractivity contribution is 5.66. The van der Waals surface area contributed by atoms with Crippen LogP contribution in [0.3, 0.4) is 0 Å². The fourth-order valence-electron chi connectivity index (χ4n) is 1.87. The number of benzene rings is 1. The molecule has 2 rings (SSSR count). The van der Waals surface area contributed by atoms with Gasteiger partial charge in [0.2, 0.25) is 5.95 Å². The first-order valence-electron chi connectivity index (χ1n) is 6.46. The van der Waals surface area contributed by atoms with Crippen LogP contribution >= 0.6 is 0 Å². The van der Waals surface area contributed by atoms with E-state index < -0.39 is 0 Å². The zero-order valence-electron chi connectivity index (χ0n) is 11.6. The Morgan fingerprint density at radius 3 is 2.53 bits per heavy atom. The smallest absolute Gasteiger partial charge is 0.222 e. The molecular weight excluding hydrogens is 236 g/mol.